The fourth-order valence-corrected chi connectivity index (χ4v) is 2.57. The standard InChI is InChI=1S/C18H25N3O4/c1-5-15-20-13-11-12(16(22)23)7-8-14(13)21(15)10-6-9-19-17(24)25-18(2,3)4/h7-8,11H,5-6,9-10H2,1-4H3,(H,19,24)(H,22,23). The second kappa shape index (κ2) is 7.55. The van der Waals surface area contributed by atoms with Crippen molar-refractivity contribution in [3.8, 4) is 0 Å². The average molecular weight is 347 g/mol. The molecule has 0 bridgehead atoms. The lowest BCUT2D eigenvalue weighted by atomic mass is 10.2. The molecule has 0 radical (unpaired) electrons. The number of carboxylic acid groups (broad SMARTS) is 1. The van der Waals surface area contributed by atoms with Crippen LogP contribution in [0.2, 0.25) is 0 Å². The van der Waals surface area contributed by atoms with Crippen LogP contribution in [0.1, 0.15) is 50.3 Å². The second-order valence-corrected chi connectivity index (χ2v) is 6.82. The lowest BCUT2D eigenvalue weighted by Gasteiger charge is -2.19. The molecular weight excluding hydrogens is 322 g/mol. The van der Waals surface area contributed by atoms with Crippen molar-refractivity contribution >= 4 is 23.1 Å². The second-order valence-electron chi connectivity index (χ2n) is 6.82. The van der Waals surface area contributed by atoms with Gasteiger partial charge in [-0.05, 0) is 45.4 Å². The molecule has 7 nitrogen and oxygen atoms in total. The molecule has 1 aromatic heterocycles. The molecule has 0 aliphatic rings. The molecule has 0 saturated heterocycles. The molecule has 0 atom stereocenters. The van der Waals surface area contributed by atoms with Gasteiger partial charge in [0.1, 0.15) is 11.4 Å². The lowest BCUT2D eigenvalue weighted by Crippen LogP contribution is -2.33. The fourth-order valence-electron chi connectivity index (χ4n) is 2.57. The highest BCUT2D eigenvalue weighted by atomic mass is 16.6. The van der Waals surface area contributed by atoms with Gasteiger partial charge in [0.15, 0.2) is 0 Å². The maximum absolute atomic E-state index is 11.6. The molecular formula is C18H25N3O4. The molecule has 0 unspecified atom stereocenters. The summed E-state index contributed by atoms with van der Waals surface area (Å²) in [7, 11) is 0. The van der Waals surface area contributed by atoms with Gasteiger partial charge in [-0.25, -0.2) is 14.6 Å². The summed E-state index contributed by atoms with van der Waals surface area (Å²) >= 11 is 0. The number of amides is 1. The first-order chi connectivity index (χ1) is 11.7. The third-order valence-electron chi connectivity index (χ3n) is 3.62. The van der Waals surface area contributed by atoms with Gasteiger partial charge in [0, 0.05) is 19.5 Å². The maximum Gasteiger partial charge on any atom is 0.407 e. The molecule has 2 aromatic rings. The molecule has 0 aliphatic carbocycles. The molecule has 1 aromatic carbocycles. The molecule has 2 N–H and O–H groups in total. The van der Waals surface area contributed by atoms with Crippen LogP contribution in [0.3, 0.4) is 0 Å². The minimum atomic E-state index is -0.962. The molecule has 0 saturated carbocycles. The Labute approximate surface area is 147 Å². The van der Waals surface area contributed by atoms with Crippen molar-refractivity contribution in [1.29, 1.82) is 0 Å². The number of ether oxygens (including phenoxy) is 1. The van der Waals surface area contributed by atoms with Crippen molar-refractivity contribution < 1.29 is 19.4 Å². The van der Waals surface area contributed by atoms with Gasteiger partial charge in [-0.15, -0.1) is 0 Å². The summed E-state index contributed by atoms with van der Waals surface area (Å²) in [5.74, 6) is -0.0640. The summed E-state index contributed by atoms with van der Waals surface area (Å²) in [5.41, 5.74) is 1.30. The fraction of sp³-hybridized carbons (Fsp3) is 0.500. The minimum absolute atomic E-state index is 0.228. The van der Waals surface area contributed by atoms with E-state index < -0.39 is 17.7 Å². The van der Waals surface area contributed by atoms with Crippen molar-refractivity contribution in [2.24, 2.45) is 0 Å². The van der Waals surface area contributed by atoms with Crippen LogP contribution in [0, 0.1) is 0 Å². The highest BCUT2D eigenvalue weighted by molar-refractivity contribution is 5.92. The van der Waals surface area contributed by atoms with Crippen LogP contribution in [-0.4, -0.2) is 38.9 Å². The predicted molar refractivity (Wildman–Crippen MR) is 94.9 cm³/mol. The number of aryl methyl sites for hydroxylation is 2. The van der Waals surface area contributed by atoms with E-state index in [1.807, 2.05) is 27.7 Å². The summed E-state index contributed by atoms with van der Waals surface area (Å²) in [5, 5.41) is 11.8. The predicted octanol–water partition coefficient (Wildman–Crippen LogP) is 3.21. The first kappa shape index (κ1) is 18.8. The van der Waals surface area contributed by atoms with E-state index in [2.05, 4.69) is 14.9 Å². The zero-order valence-electron chi connectivity index (χ0n) is 15.1. The number of carbonyl (C=O) groups excluding carboxylic acids is 1. The van der Waals surface area contributed by atoms with Crippen LogP contribution in [0.15, 0.2) is 18.2 Å². The summed E-state index contributed by atoms with van der Waals surface area (Å²) in [6.45, 7) is 8.65. The summed E-state index contributed by atoms with van der Waals surface area (Å²) in [4.78, 5) is 27.3. The molecule has 7 heteroatoms. The topological polar surface area (TPSA) is 93.5 Å². The first-order valence-corrected chi connectivity index (χ1v) is 8.40. The van der Waals surface area contributed by atoms with E-state index in [0.29, 0.717) is 18.6 Å². The molecule has 0 aliphatic heterocycles. The average Bonchev–Trinajstić information content (AvgIpc) is 2.86. The van der Waals surface area contributed by atoms with Crippen LogP contribution in [0.25, 0.3) is 11.0 Å². The van der Waals surface area contributed by atoms with E-state index >= 15 is 0 Å². The Balaban J connectivity index is 2.03. The number of nitrogens with zero attached hydrogens (tertiary/aromatic N) is 2. The summed E-state index contributed by atoms with van der Waals surface area (Å²) in [6, 6.07) is 4.96. The van der Waals surface area contributed by atoms with Crippen LogP contribution in [-0.2, 0) is 17.7 Å². The number of carbonyl (C=O) groups is 2. The quantitative estimate of drug-likeness (QED) is 0.783. The molecule has 1 heterocycles. The smallest absolute Gasteiger partial charge is 0.407 e. The van der Waals surface area contributed by atoms with Crippen LogP contribution >= 0.6 is 0 Å². The number of imidazole rings is 1. The Morgan fingerprint density at radius 2 is 2.04 bits per heavy atom. The van der Waals surface area contributed by atoms with Crippen LogP contribution in [0.5, 0.6) is 0 Å². The Hall–Kier alpha value is -2.57. The minimum Gasteiger partial charge on any atom is -0.478 e. The molecule has 0 fully saturated rings. The van der Waals surface area contributed by atoms with Crippen molar-refractivity contribution in [3.05, 3.63) is 29.6 Å². The van der Waals surface area contributed by atoms with Gasteiger partial charge >= 0.3 is 12.1 Å². The van der Waals surface area contributed by atoms with E-state index in [1.165, 1.54) is 0 Å². The number of benzene rings is 1. The first-order valence-electron chi connectivity index (χ1n) is 8.40. The van der Waals surface area contributed by atoms with E-state index in [-0.39, 0.29) is 5.56 Å². The van der Waals surface area contributed by atoms with E-state index in [0.717, 1.165) is 24.2 Å². The maximum atomic E-state index is 11.6. The molecule has 1 amide bonds. The highest BCUT2D eigenvalue weighted by Crippen LogP contribution is 2.19. The van der Waals surface area contributed by atoms with Gasteiger partial charge in [0.2, 0.25) is 0 Å². The van der Waals surface area contributed by atoms with Gasteiger partial charge in [-0.1, -0.05) is 6.92 Å². The van der Waals surface area contributed by atoms with Gasteiger partial charge in [-0.2, -0.15) is 0 Å². The monoisotopic (exact) mass is 347 g/mol. The lowest BCUT2D eigenvalue weighted by molar-refractivity contribution is 0.0526. The third-order valence-corrected chi connectivity index (χ3v) is 3.62. The van der Waals surface area contributed by atoms with Crippen molar-refractivity contribution in [3.63, 3.8) is 0 Å². The number of aromatic nitrogens is 2. The SMILES string of the molecule is CCc1nc2cc(C(=O)O)ccc2n1CCCNC(=O)OC(C)(C)C. The zero-order chi connectivity index (χ0) is 18.6. The third kappa shape index (κ3) is 4.95. The number of rotatable bonds is 6. The summed E-state index contributed by atoms with van der Waals surface area (Å²) in [6.07, 6.45) is 1.04. The van der Waals surface area contributed by atoms with E-state index in [4.69, 9.17) is 9.84 Å². The van der Waals surface area contributed by atoms with Crippen molar-refractivity contribution in [2.75, 3.05) is 6.54 Å². The largest absolute Gasteiger partial charge is 0.478 e. The number of carboxylic acids is 1. The van der Waals surface area contributed by atoms with Gasteiger partial charge < -0.3 is 19.7 Å². The van der Waals surface area contributed by atoms with Crippen molar-refractivity contribution in [2.45, 2.75) is 52.7 Å². The summed E-state index contributed by atoms with van der Waals surface area (Å²) < 4.78 is 7.27. The highest BCUT2D eigenvalue weighted by Gasteiger charge is 2.16. The van der Waals surface area contributed by atoms with Crippen molar-refractivity contribution in [1.82, 2.24) is 14.9 Å². The number of hydrogen-bond donors (Lipinski definition) is 2. The molecule has 136 valence electrons. The Bertz CT molecular complexity index is 774. The van der Waals surface area contributed by atoms with Gasteiger partial charge in [-0.3, -0.25) is 0 Å². The van der Waals surface area contributed by atoms with E-state index in [9.17, 15) is 9.59 Å². The number of alkyl carbamates (subject to hydrolysis) is 1. The molecule has 0 spiro atoms. The number of aromatic carboxylic acids is 1. The molecule has 2 rings (SSSR count). The molecule has 25 heavy (non-hydrogen) atoms. The van der Waals surface area contributed by atoms with E-state index in [1.54, 1.807) is 18.2 Å². The number of nitrogens with one attached hydrogen (secondary N) is 1. The van der Waals surface area contributed by atoms with Crippen LogP contribution in [0.4, 0.5) is 4.79 Å². The zero-order valence-corrected chi connectivity index (χ0v) is 15.1. The Morgan fingerprint density at radius 1 is 1.32 bits per heavy atom. The Kier molecular flexibility index (Phi) is 5.66. The van der Waals surface area contributed by atoms with Crippen LogP contribution < -0.4 is 5.32 Å². The normalized spacial score (nSPS) is 11.5. The van der Waals surface area contributed by atoms with Gasteiger partial charge in [0.05, 0.1) is 16.6 Å². The Morgan fingerprint density at radius 3 is 2.64 bits per heavy atom. The number of hydrogen-bond acceptors (Lipinski definition) is 4. The number of fused-ring (bicyclic) bond motifs is 1. The van der Waals surface area contributed by atoms with Gasteiger partial charge in [0.25, 0.3) is 0 Å².